The minimum absolute atomic E-state index is 0.166. The van der Waals surface area contributed by atoms with E-state index in [0.717, 1.165) is 19.3 Å². The quantitative estimate of drug-likeness (QED) is 0.687. The highest BCUT2D eigenvalue weighted by Crippen LogP contribution is 2.20. The number of nitrogens with one attached hydrogen (secondary N) is 2. The molecular weight excluding hydrogens is 344 g/mol. The molecule has 2 amide bonds. The smallest absolute Gasteiger partial charge is 0.412 e. The molecule has 2 N–H and O–H groups in total. The van der Waals surface area contributed by atoms with Gasteiger partial charge in [-0.15, -0.1) is 0 Å². The predicted molar refractivity (Wildman–Crippen MR) is 106 cm³/mol. The highest BCUT2D eigenvalue weighted by Gasteiger charge is 2.17. The van der Waals surface area contributed by atoms with E-state index in [1.807, 2.05) is 0 Å². The van der Waals surface area contributed by atoms with Gasteiger partial charge in [0.25, 0.3) is 5.91 Å². The molecule has 1 aromatic carbocycles. The maximum absolute atomic E-state index is 12.3. The van der Waals surface area contributed by atoms with Gasteiger partial charge in [-0.1, -0.05) is 25.3 Å². The molecule has 0 aromatic heterocycles. The summed E-state index contributed by atoms with van der Waals surface area (Å²) in [6.07, 6.45) is 6.79. The van der Waals surface area contributed by atoms with Gasteiger partial charge in [0.05, 0.1) is 6.10 Å². The number of anilines is 1. The van der Waals surface area contributed by atoms with Crippen LogP contribution in [0.3, 0.4) is 0 Å². The third-order valence-corrected chi connectivity index (χ3v) is 4.28. The van der Waals surface area contributed by atoms with Gasteiger partial charge in [0.1, 0.15) is 5.60 Å². The van der Waals surface area contributed by atoms with Gasteiger partial charge < -0.3 is 14.8 Å². The molecule has 1 aromatic rings. The molecule has 0 unspecified atom stereocenters. The molecule has 0 spiro atoms. The molecule has 0 radical (unpaired) electrons. The average Bonchev–Trinajstić information content (AvgIpc) is 2.60. The molecule has 0 saturated heterocycles. The highest BCUT2D eigenvalue weighted by molar-refractivity contribution is 5.96. The Balaban J connectivity index is 1.71. The fourth-order valence-electron chi connectivity index (χ4n) is 3.02. The molecule has 6 nitrogen and oxygen atoms in total. The summed E-state index contributed by atoms with van der Waals surface area (Å²) in [6.45, 7) is 6.64. The Hall–Kier alpha value is -2.08. The third-order valence-electron chi connectivity index (χ3n) is 4.28. The van der Waals surface area contributed by atoms with E-state index in [9.17, 15) is 9.59 Å². The average molecular weight is 376 g/mol. The first-order valence-corrected chi connectivity index (χ1v) is 9.83. The molecule has 2 rings (SSSR count). The number of benzene rings is 1. The summed E-state index contributed by atoms with van der Waals surface area (Å²) in [6, 6.07) is 6.80. The summed E-state index contributed by atoms with van der Waals surface area (Å²) in [4.78, 5) is 24.1. The van der Waals surface area contributed by atoms with Crippen molar-refractivity contribution in [2.24, 2.45) is 0 Å². The largest absolute Gasteiger partial charge is 0.444 e. The number of amides is 2. The third kappa shape index (κ3) is 8.43. The molecule has 1 aliphatic carbocycles. The van der Waals surface area contributed by atoms with Crippen molar-refractivity contribution in [3.05, 3.63) is 29.8 Å². The minimum Gasteiger partial charge on any atom is -0.444 e. The van der Waals surface area contributed by atoms with Crippen LogP contribution in [0.15, 0.2) is 24.3 Å². The molecule has 1 aliphatic rings. The van der Waals surface area contributed by atoms with Crippen LogP contribution in [0.2, 0.25) is 0 Å². The van der Waals surface area contributed by atoms with Crippen molar-refractivity contribution >= 4 is 17.7 Å². The van der Waals surface area contributed by atoms with Gasteiger partial charge in [-0.25, -0.2) is 4.79 Å². The standard InChI is InChI=1S/C21H32N2O4/c1-21(2,3)27-20(25)23-17-10-7-9-16(15-17)19(24)22-13-8-14-26-18-11-5-4-6-12-18/h7,9-10,15,18H,4-6,8,11-14H2,1-3H3,(H,22,24)(H,23,25). The summed E-state index contributed by atoms with van der Waals surface area (Å²) in [5.41, 5.74) is 0.452. The van der Waals surface area contributed by atoms with Crippen molar-refractivity contribution in [1.29, 1.82) is 0 Å². The van der Waals surface area contributed by atoms with Gasteiger partial charge in [-0.3, -0.25) is 10.1 Å². The summed E-state index contributed by atoms with van der Waals surface area (Å²) < 4.78 is 11.1. The van der Waals surface area contributed by atoms with Gasteiger partial charge in [0.2, 0.25) is 0 Å². The molecule has 150 valence electrons. The molecule has 0 atom stereocenters. The maximum Gasteiger partial charge on any atom is 0.412 e. The van der Waals surface area contributed by atoms with Crippen LogP contribution in [-0.2, 0) is 9.47 Å². The first-order valence-electron chi connectivity index (χ1n) is 9.83. The summed E-state index contributed by atoms with van der Waals surface area (Å²) in [5, 5.41) is 5.54. The van der Waals surface area contributed by atoms with Crippen LogP contribution in [-0.4, -0.2) is 36.9 Å². The Morgan fingerprint density at radius 3 is 2.59 bits per heavy atom. The summed E-state index contributed by atoms with van der Waals surface area (Å²) in [5.74, 6) is -0.166. The second kappa shape index (κ2) is 10.3. The van der Waals surface area contributed by atoms with Crippen molar-refractivity contribution < 1.29 is 19.1 Å². The van der Waals surface area contributed by atoms with E-state index >= 15 is 0 Å². The monoisotopic (exact) mass is 376 g/mol. The zero-order chi connectivity index (χ0) is 19.7. The van der Waals surface area contributed by atoms with E-state index in [2.05, 4.69) is 10.6 Å². The van der Waals surface area contributed by atoms with Crippen molar-refractivity contribution in [2.75, 3.05) is 18.5 Å². The lowest BCUT2D eigenvalue weighted by Crippen LogP contribution is -2.28. The van der Waals surface area contributed by atoms with E-state index < -0.39 is 11.7 Å². The number of carbonyl (C=O) groups excluding carboxylic acids is 2. The van der Waals surface area contributed by atoms with E-state index in [1.165, 1.54) is 19.3 Å². The molecule has 0 heterocycles. The summed E-state index contributed by atoms with van der Waals surface area (Å²) in [7, 11) is 0. The Morgan fingerprint density at radius 2 is 1.89 bits per heavy atom. The number of ether oxygens (including phenoxy) is 2. The van der Waals surface area contributed by atoms with Crippen LogP contribution >= 0.6 is 0 Å². The fraction of sp³-hybridized carbons (Fsp3) is 0.619. The van der Waals surface area contributed by atoms with Gasteiger partial charge in [0.15, 0.2) is 0 Å². The topological polar surface area (TPSA) is 76.7 Å². The zero-order valence-electron chi connectivity index (χ0n) is 16.7. The lowest BCUT2D eigenvalue weighted by molar-refractivity contribution is 0.0273. The van der Waals surface area contributed by atoms with E-state index in [4.69, 9.17) is 9.47 Å². The van der Waals surface area contributed by atoms with Crippen LogP contribution in [0.4, 0.5) is 10.5 Å². The number of carbonyl (C=O) groups is 2. The molecule has 1 saturated carbocycles. The van der Waals surface area contributed by atoms with Gasteiger partial charge in [-0.2, -0.15) is 0 Å². The highest BCUT2D eigenvalue weighted by atomic mass is 16.6. The Morgan fingerprint density at radius 1 is 1.15 bits per heavy atom. The predicted octanol–water partition coefficient (Wildman–Crippen LogP) is 4.50. The number of hydrogen-bond donors (Lipinski definition) is 2. The first kappa shape index (κ1) is 21.2. The molecular formula is C21H32N2O4. The number of rotatable bonds is 7. The molecule has 6 heteroatoms. The molecule has 0 aliphatic heterocycles. The van der Waals surface area contributed by atoms with E-state index in [0.29, 0.717) is 30.5 Å². The second-order valence-corrected chi connectivity index (χ2v) is 7.95. The van der Waals surface area contributed by atoms with Crippen molar-refractivity contribution in [2.45, 2.75) is 71.0 Å². The lowest BCUT2D eigenvalue weighted by atomic mass is 9.98. The zero-order valence-corrected chi connectivity index (χ0v) is 16.7. The van der Waals surface area contributed by atoms with Crippen molar-refractivity contribution in [3.8, 4) is 0 Å². The Kier molecular flexibility index (Phi) is 8.10. The van der Waals surface area contributed by atoms with Gasteiger partial charge in [0, 0.05) is 24.4 Å². The second-order valence-electron chi connectivity index (χ2n) is 7.95. The Bertz CT molecular complexity index is 619. The van der Waals surface area contributed by atoms with Crippen molar-refractivity contribution in [3.63, 3.8) is 0 Å². The molecule has 0 bridgehead atoms. The summed E-state index contributed by atoms with van der Waals surface area (Å²) >= 11 is 0. The van der Waals surface area contributed by atoms with Gasteiger partial charge in [-0.05, 0) is 58.2 Å². The van der Waals surface area contributed by atoms with Crippen LogP contribution in [0.25, 0.3) is 0 Å². The first-order chi connectivity index (χ1) is 12.8. The molecule has 1 fully saturated rings. The van der Waals surface area contributed by atoms with Crippen LogP contribution in [0.1, 0.15) is 69.7 Å². The van der Waals surface area contributed by atoms with Crippen LogP contribution < -0.4 is 10.6 Å². The SMILES string of the molecule is CC(C)(C)OC(=O)Nc1cccc(C(=O)NCCCOC2CCCCC2)c1. The van der Waals surface area contributed by atoms with Gasteiger partial charge >= 0.3 is 6.09 Å². The van der Waals surface area contributed by atoms with E-state index in [-0.39, 0.29) is 5.91 Å². The Labute approximate surface area is 162 Å². The normalized spacial score (nSPS) is 15.2. The van der Waals surface area contributed by atoms with Crippen LogP contribution in [0.5, 0.6) is 0 Å². The number of hydrogen-bond acceptors (Lipinski definition) is 4. The van der Waals surface area contributed by atoms with Crippen molar-refractivity contribution in [1.82, 2.24) is 5.32 Å². The lowest BCUT2D eigenvalue weighted by Gasteiger charge is -2.21. The molecule has 27 heavy (non-hydrogen) atoms. The minimum atomic E-state index is -0.571. The maximum atomic E-state index is 12.3. The van der Waals surface area contributed by atoms with Crippen LogP contribution in [0, 0.1) is 0 Å². The fourth-order valence-corrected chi connectivity index (χ4v) is 3.02. The van der Waals surface area contributed by atoms with E-state index in [1.54, 1.807) is 45.0 Å².